The summed E-state index contributed by atoms with van der Waals surface area (Å²) in [5, 5.41) is 0. The summed E-state index contributed by atoms with van der Waals surface area (Å²) < 4.78 is 0. The second-order valence-electron chi connectivity index (χ2n) is 23.5. The van der Waals surface area contributed by atoms with Crippen molar-refractivity contribution in [3.8, 4) is 134 Å². The third-order valence-corrected chi connectivity index (χ3v) is 17.9. The maximum absolute atomic E-state index is 5.39. The van der Waals surface area contributed by atoms with Gasteiger partial charge in [-0.05, 0) is 189 Å². The molecule has 91 heavy (non-hydrogen) atoms. The minimum atomic E-state index is -0.961. The number of rotatable bonds is 13. The van der Waals surface area contributed by atoms with Crippen molar-refractivity contribution in [3.63, 3.8) is 0 Å². The van der Waals surface area contributed by atoms with Crippen molar-refractivity contribution in [2.24, 2.45) is 0 Å². The van der Waals surface area contributed by atoms with Crippen LogP contribution in [0.4, 0.5) is 0 Å². The molecule has 0 spiro atoms. The fourth-order valence-corrected chi connectivity index (χ4v) is 13.5. The summed E-state index contributed by atoms with van der Waals surface area (Å²) in [6, 6.07) is 130. The van der Waals surface area contributed by atoms with Crippen molar-refractivity contribution in [1.82, 2.24) is 15.0 Å². The molecule has 15 aromatic rings. The molecule has 1 aromatic heterocycles. The van der Waals surface area contributed by atoms with Crippen molar-refractivity contribution in [3.05, 3.63) is 380 Å². The third-order valence-electron chi connectivity index (χ3n) is 17.9. The Morgan fingerprint density at radius 2 is 0.407 bits per heavy atom. The lowest BCUT2D eigenvalue weighted by molar-refractivity contribution is 0.770. The minimum Gasteiger partial charge on any atom is -0.208 e. The molecular formula is C88H59N3. The second kappa shape index (κ2) is 23.6. The molecule has 0 saturated heterocycles. The van der Waals surface area contributed by atoms with Crippen LogP contribution < -0.4 is 0 Å². The molecule has 0 aliphatic heterocycles. The van der Waals surface area contributed by atoms with Gasteiger partial charge in [0.25, 0.3) is 0 Å². The zero-order valence-electron chi connectivity index (χ0n) is 49.9. The Bertz CT molecular complexity index is 4670. The van der Waals surface area contributed by atoms with Crippen LogP contribution in [0.15, 0.2) is 358 Å². The highest BCUT2D eigenvalue weighted by atomic mass is 15.0. The first-order chi connectivity index (χ1) is 45.1. The first kappa shape index (κ1) is 54.5. The van der Waals surface area contributed by atoms with Crippen LogP contribution in [0.2, 0.25) is 0 Å². The molecule has 426 valence electrons. The van der Waals surface area contributed by atoms with Gasteiger partial charge in [0.15, 0.2) is 17.5 Å². The molecule has 1 aliphatic carbocycles. The summed E-state index contributed by atoms with van der Waals surface area (Å²) in [5.74, 6) is 1.82. The van der Waals surface area contributed by atoms with E-state index < -0.39 is 5.41 Å². The van der Waals surface area contributed by atoms with Crippen LogP contribution in [0.25, 0.3) is 134 Å². The molecule has 16 rings (SSSR count). The molecule has 3 heteroatoms. The summed E-state index contributed by atoms with van der Waals surface area (Å²) >= 11 is 0. The molecule has 0 N–H and O–H groups in total. The van der Waals surface area contributed by atoms with Gasteiger partial charge < -0.3 is 0 Å². The van der Waals surface area contributed by atoms with E-state index in [1.807, 2.05) is 36.4 Å². The van der Waals surface area contributed by atoms with E-state index in [1.165, 1.54) is 33.4 Å². The van der Waals surface area contributed by atoms with E-state index in [9.17, 15) is 0 Å². The van der Waals surface area contributed by atoms with Crippen LogP contribution >= 0.6 is 0 Å². The Kier molecular flexibility index (Phi) is 14.2. The highest BCUT2D eigenvalue weighted by molar-refractivity contribution is 5.92. The normalized spacial score (nSPS) is 12.0. The Morgan fingerprint density at radius 1 is 0.154 bits per heavy atom. The molecule has 1 aliphatic rings. The van der Waals surface area contributed by atoms with Crippen molar-refractivity contribution in [2.45, 2.75) is 5.41 Å². The molecule has 0 unspecified atom stereocenters. The number of hydrogen-bond acceptors (Lipinski definition) is 3. The lowest BCUT2D eigenvalue weighted by Gasteiger charge is -2.36. The number of fused-ring (bicyclic) bond motifs is 3. The van der Waals surface area contributed by atoms with E-state index in [1.54, 1.807) is 0 Å². The van der Waals surface area contributed by atoms with E-state index in [0.29, 0.717) is 17.5 Å². The molecule has 3 nitrogen and oxygen atoms in total. The average Bonchev–Trinajstić information content (AvgIpc) is 1.58. The Morgan fingerprint density at radius 3 is 0.747 bits per heavy atom. The molecule has 0 saturated carbocycles. The molecule has 0 bridgehead atoms. The molecule has 14 aromatic carbocycles. The zero-order chi connectivity index (χ0) is 60.5. The van der Waals surface area contributed by atoms with Gasteiger partial charge in [-0.3, -0.25) is 0 Å². The predicted octanol–water partition coefficient (Wildman–Crippen LogP) is 22.6. The van der Waals surface area contributed by atoms with Crippen LogP contribution in [0, 0.1) is 0 Å². The van der Waals surface area contributed by atoms with Crippen LogP contribution in [-0.2, 0) is 5.41 Å². The molecule has 0 fully saturated rings. The van der Waals surface area contributed by atoms with Crippen LogP contribution in [-0.4, -0.2) is 15.0 Å². The number of nitrogens with zero attached hydrogens (tertiary/aromatic N) is 3. The predicted molar refractivity (Wildman–Crippen MR) is 377 cm³/mol. The van der Waals surface area contributed by atoms with E-state index in [-0.39, 0.29) is 0 Å². The van der Waals surface area contributed by atoms with E-state index >= 15 is 0 Å². The molecule has 0 radical (unpaired) electrons. The summed E-state index contributed by atoms with van der Waals surface area (Å²) in [5.41, 5.74) is 26.9. The van der Waals surface area contributed by atoms with Crippen LogP contribution in [0.1, 0.15) is 22.3 Å². The van der Waals surface area contributed by atoms with Gasteiger partial charge in [-0.2, -0.15) is 0 Å². The zero-order valence-corrected chi connectivity index (χ0v) is 49.9. The van der Waals surface area contributed by atoms with E-state index in [2.05, 4.69) is 322 Å². The lowest BCUT2D eigenvalue weighted by atomic mass is 9.66. The lowest BCUT2D eigenvalue weighted by Crippen LogP contribution is -2.29. The van der Waals surface area contributed by atoms with E-state index in [4.69, 9.17) is 15.0 Å². The number of hydrogen-bond donors (Lipinski definition) is 0. The largest absolute Gasteiger partial charge is 0.208 e. The maximum Gasteiger partial charge on any atom is 0.164 e. The highest BCUT2D eigenvalue weighted by Crippen LogP contribution is 2.59. The van der Waals surface area contributed by atoms with Crippen LogP contribution in [0.5, 0.6) is 0 Å². The summed E-state index contributed by atoms with van der Waals surface area (Å²) in [6.07, 6.45) is 0. The fraction of sp³-hybridized carbons (Fsp3) is 0.0114. The van der Waals surface area contributed by atoms with Crippen molar-refractivity contribution < 1.29 is 0 Å². The fourth-order valence-electron chi connectivity index (χ4n) is 13.5. The van der Waals surface area contributed by atoms with Crippen molar-refractivity contribution in [2.75, 3.05) is 0 Å². The second-order valence-corrected chi connectivity index (χ2v) is 23.5. The van der Waals surface area contributed by atoms with Gasteiger partial charge in [0.1, 0.15) is 0 Å². The Labute approximate surface area is 531 Å². The van der Waals surface area contributed by atoms with Gasteiger partial charge in [-0.25, -0.2) is 15.0 Å². The summed E-state index contributed by atoms with van der Waals surface area (Å²) in [6.45, 7) is 0. The number of aromatic nitrogens is 3. The monoisotopic (exact) mass is 1160 g/mol. The smallest absolute Gasteiger partial charge is 0.164 e. The first-order valence-electron chi connectivity index (χ1n) is 31.1. The van der Waals surface area contributed by atoms with Gasteiger partial charge in [-0.1, -0.05) is 291 Å². The average molecular weight is 1160 g/mol. The molecule has 0 atom stereocenters. The standard InChI is InChI=1S/C88H59N3/c1-7-25-60(26-8-1)66-37-21-41-70(49-66)75-53-76(71-42-22-38-67(50-71)61-27-9-2-10-28-61)56-79(55-75)88(80-57-77(72-43-23-39-68(51-72)62-29-11-3-12-30-62)54-78(58-80)73-44-24-40-69(52-73)63-31-13-4-14-32-63)83-46-20-19-45-81(83)82-48-47-74(59-84(82)88)87-90-85(64-33-15-5-16-34-64)89-86(91-87)65-35-17-6-18-36-65/h1-59H. The van der Waals surface area contributed by atoms with Crippen molar-refractivity contribution in [1.29, 1.82) is 0 Å². The minimum absolute atomic E-state index is 0.593. The summed E-state index contributed by atoms with van der Waals surface area (Å²) in [7, 11) is 0. The number of benzene rings is 14. The highest BCUT2D eigenvalue weighted by Gasteiger charge is 2.47. The molecule has 0 amide bonds. The van der Waals surface area contributed by atoms with Gasteiger partial charge in [0.05, 0.1) is 5.41 Å². The first-order valence-corrected chi connectivity index (χ1v) is 31.1. The molecular weight excluding hydrogens is 1100 g/mol. The van der Waals surface area contributed by atoms with Crippen LogP contribution in [0.3, 0.4) is 0 Å². The van der Waals surface area contributed by atoms with Gasteiger partial charge in [0.2, 0.25) is 0 Å². The Balaban J connectivity index is 1.02. The van der Waals surface area contributed by atoms with Crippen molar-refractivity contribution >= 4 is 0 Å². The molecule has 1 heterocycles. The Hall–Kier alpha value is -11.9. The quantitative estimate of drug-likeness (QED) is 0.115. The third kappa shape index (κ3) is 10.4. The van der Waals surface area contributed by atoms with E-state index in [0.717, 1.165) is 106 Å². The maximum atomic E-state index is 5.39. The van der Waals surface area contributed by atoms with Gasteiger partial charge >= 0.3 is 0 Å². The van der Waals surface area contributed by atoms with Gasteiger partial charge in [0, 0.05) is 16.7 Å². The SMILES string of the molecule is c1ccc(-c2cccc(-c3cc(-c4cccc(-c5ccccc5)c4)cc(C4(c5cc(-c6cccc(-c7ccccc7)c6)cc(-c6cccc(-c7ccccc7)c6)c5)c5ccccc5-c5ccc(-c6nc(-c7ccccc7)nc(-c7ccccc7)n6)cc54)c3)c2)cc1. The topological polar surface area (TPSA) is 38.7 Å². The van der Waals surface area contributed by atoms with Gasteiger partial charge in [-0.15, -0.1) is 0 Å². The summed E-state index contributed by atoms with van der Waals surface area (Å²) in [4.78, 5) is 15.9.